The van der Waals surface area contributed by atoms with Crippen LogP contribution in [0.5, 0.6) is 5.75 Å². The number of methoxy groups -OCH3 is 1. The predicted molar refractivity (Wildman–Crippen MR) is 135 cm³/mol. The average Bonchev–Trinajstić information content (AvgIpc) is 3.24. The maximum atomic E-state index is 14.2. The van der Waals surface area contributed by atoms with Crippen LogP contribution in [-0.2, 0) is 11.3 Å². The number of carbonyl (C=O) groups is 2. The smallest absolute Gasteiger partial charge is 0.411 e. The molecule has 0 bridgehead atoms. The van der Waals surface area contributed by atoms with E-state index >= 15 is 0 Å². The molecular formula is C27H28F4N4O4. The van der Waals surface area contributed by atoms with E-state index in [4.69, 9.17) is 15.2 Å². The van der Waals surface area contributed by atoms with Crippen molar-refractivity contribution >= 4 is 17.5 Å². The number of rotatable bonds is 8. The largest absolute Gasteiger partial charge is 0.496 e. The third-order valence-electron chi connectivity index (χ3n) is 6.70. The fourth-order valence-corrected chi connectivity index (χ4v) is 4.76. The van der Waals surface area contributed by atoms with E-state index in [1.807, 2.05) is 0 Å². The van der Waals surface area contributed by atoms with E-state index < -0.39 is 35.6 Å². The first kappa shape index (κ1) is 28.1. The number of hydrogen-bond acceptors (Lipinski definition) is 6. The normalized spacial score (nSPS) is 15.1. The van der Waals surface area contributed by atoms with Crippen molar-refractivity contribution in [1.82, 2.24) is 15.1 Å². The molecule has 3 N–H and O–H groups in total. The van der Waals surface area contributed by atoms with Gasteiger partial charge in [0.1, 0.15) is 23.1 Å². The minimum absolute atomic E-state index is 0.0324. The SMILES string of the molecule is COc1ccc(F)cc1C(=O)NCc1ccc(-c2nn(C(C3CCOCC3)C(F)(F)F)c(N)c2C(C)=O)cc1. The number of nitrogen functional groups attached to an aromatic ring is 1. The Hall–Kier alpha value is -3.93. The van der Waals surface area contributed by atoms with E-state index in [0.717, 1.165) is 10.7 Å². The van der Waals surface area contributed by atoms with Gasteiger partial charge in [0.25, 0.3) is 5.91 Å². The lowest BCUT2D eigenvalue weighted by Gasteiger charge is -2.32. The fourth-order valence-electron chi connectivity index (χ4n) is 4.76. The summed E-state index contributed by atoms with van der Waals surface area (Å²) in [6, 6.07) is 8.03. The highest BCUT2D eigenvalue weighted by Crippen LogP contribution is 2.43. The highest BCUT2D eigenvalue weighted by atomic mass is 19.4. The van der Waals surface area contributed by atoms with Gasteiger partial charge in [-0.1, -0.05) is 24.3 Å². The summed E-state index contributed by atoms with van der Waals surface area (Å²) in [5.41, 5.74) is 7.14. The Bertz CT molecular complexity index is 1350. The van der Waals surface area contributed by atoms with E-state index in [9.17, 15) is 27.2 Å². The molecule has 1 atom stereocenters. The molecule has 1 unspecified atom stereocenters. The molecule has 0 saturated carbocycles. The van der Waals surface area contributed by atoms with Gasteiger partial charge in [-0.15, -0.1) is 0 Å². The van der Waals surface area contributed by atoms with Crippen LogP contribution >= 0.6 is 0 Å². The molecule has 1 saturated heterocycles. The van der Waals surface area contributed by atoms with Gasteiger partial charge in [-0.2, -0.15) is 18.3 Å². The number of nitrogens with two attached hydrogens (primary N) is 1. The van der Waals surface area contributed by atoms with Crippen molar-refractivity contribution < 1.29 is 36.6 Å². The first-order chi connectivity index (χ1) is 18.5. The summed E-state index contributed by atoms with van der Waals surface area (Å²) >= 11 is 0. The van der Waals surface area contributed by atoms with Gasteiger partial charge in [0.05, 0.1) is 18.2 Å². The van der Waals surface area contributed by atoms with Gasteiger partial charge in [-0.25, -0.2) is 9.07 Å². The minimum atomic E-state index is -4.64. The van der Waals surface area contributed by atoms with Crippen molar-refractivity contribution in [3.8, 4) is 17.0 Å². The van der Waals surface area contributed by atoms with Gasteiger partial charge in [-0.05, 0) is 49.4 Å². The second kappa shape index (κ2) is 11.4. The molecule has 12 heteroatoms. The molecule has 1 fully saturated rings. The summed E-state index contributed by atoms with van der Waals surface area (Å²) in [5.74, 6) is -2.57. The predicted octanol–water partition coefficient (Wildman–Crippen LogP) is 4.94. The molecule has 208 valence electrons. The molecule has 1 aromatic heterocycles. The molecule has 0 spiro atoms. The average molecular weight is 549 g/mol. The monoisotopic (exact) mass is 548 g/mol. The number of nitrogens with one attached hydrogen (secondary N) is 1. The quantitative estimate of drug-likeness (QED) is 0.305. The highest BCUT2D eigenvalue weighted by Gasteiger charge is 2.48. The van der Waals surface area contributed by atoms with Crippen LogP contribution in [0.3, 0.4) is 0 Å². The molecule has 1 aliphatic heterocycles. The van der Waals surface area contributed by atoms with Gasteiger partial charge in [0, 0.05) is 25.3 Å². The zero-order chi connectivity index (χ0) is 28.3. The number of ketones is 1. The number of benzene rings is 2. The number of ether oxygens (including phenoxy) is 2. The zero-order valence-corrected chi connectivity index (χ0v) is 21.3. The topological polar surface area (TPSA) is 108 Å². The van der Waals surface area contributed by atoms with Crippen molar-refractivity contribution in [1.29, 1.82) is 0 Å². The van der Waals surface area contributed by atoms with Crippen molar-refractivity contribution in [3.05, 3.63) is 65.0 Å². The molecule has 2 aromatic carbocycles. The molecule has 39 heavy (non-hydrogen) atoms. The number of nitrogens with zero attached hydrogens (tertiary/aromatic N) is 2. The van der Waals surface area contributed by atoms with Crippen molar-refractivity contribution in [2.75, 3.05) is 26.1 Å². The lowest BCUT2D eigenvalue weighted by Crippen LogP contribution is -2.37. The van der Waals surface area contributed by atoms with E-state index in [-0.39, 0.29) is 61.0 Å². The van der Waals surface area contributed by atoms with Crippen LogP contribution in [0.15, 0.2) is 42.5 Å². The van der Waals surface area contributed by atoms with Gasteiger partial charge in [0.15, 0.2) is 11.8 Å². The molecular weight excluding hydrogens is 520 g/mol. The molecule has 1 aliphatic rings. The maximum Gasteiger partial charge on any atom is 0.411 e. The van der Waals surface area contributed by atoms with Crippen LogP contribution in [-0.4, -0.2) is 48.0 Å². The summed E-state index contributed by atoms with van der Waals surface area (Å²) < 4.78 is 67.3. The van der Waals surface area contributed by atoms with Crippen LogP contribution in [0, 0.1) is 11.7 Å². The van der Waals surface area contributed by atoms with E-state index in [0.29, 0.717) is 11.1 Å². The highest BCUT2D eigenvalue weighted by molar-refractivity contribution is 6.04. The maximum absolute atomic E-state index is 14.2. The van der Waals surface area contributed by atoms with Crippen LogP contribution in [0.4, 0.5) is 23.4 Å². The molecule has 1 amide bonds. The fraction of sp³-hybridized carbons (Fsp3) is 0.370. The Morgan fingerprint density at radius 2 is 1.85 bits per heavy atom. The number of hydrogen-bond donors (Lipinski definition) is 2. The Balaban J connectivity index is 1.59. The Morgan fingerprint density at radius 3 is 2.44 bits per heavy atom. The van der Waals surface area contributed by atoms with Gasteiger partial charge in [-0.3, -0.25) is 9.59 Å². The standard InChI is InChI=1S/C27H28F4N4O4/c1-15(36)22-23(34-35(25(22)32)24(27(29,30)31)18-9-11-39-12-10-18)17-5-3-16(4-6-17)14-33-26(37)20-13-19(28)7-8-21(20)38-2/h3-8,13,18,24H,9-12,14,32H2,1-2H3,(H,33,37). The van der Waals surface area contributed by atoms with Gasteiger partial charge < -0.3 is 20.5 Å². The van der Waals surface area contributed by atoms with Crippen molar-refractivity contribution in [3.63, 3.8) is 0 Å². The second-order valence-corrected chi connectivity index (χ2v) is 9.27. The van der Waals surface area contributed by atoms with E-state index in [2.05, 4.69) is 10.4 Å². The third-order valence-corrected chi connectivity index (χ3v) is 6.70. The number of anilines is 1. The Kier molecular flexibility index (Phi) is 8.24. The van der Waals surface area contributed by atoms with Crippen LogP contribution in [0.1, 0.15) is 52.1 Å². The zero-order valence-electron chi connectivity index (χ0n) is 21.3. The lowest BCUT2D eigenvalue weighted by molar-refractivity contribution is -0.189. The Morgan fingerprint density at radius 1 is 1.18 bits per heavy atom. The number of carbonyl (C=O) groups excluding carboxylic acids is 2. The molecule has 8 nitrogen and oxygen atoms in total. The molecule has 2 heterocycles. The molecule has 0 radical (unpaired) electrons. The first-order valence-corrected chi connectivity index (χ1v) is 12.3. The summed E-state index contributed by atoms with van der Waals surface area (Å²) in [6.45, 7) is 1.71. The first-order valence-electron chi connectivity index (χ1n) is 12.3. The molecule has 0 aliphatic carbocycles. The Labute approximate surface area is 222 Å². The van der Waals surface area contributed by atoms with Crippen molar-refractivity contribution in [2.45, 2.75) is 38.5 Å². The number of Topliss-reactive ketones (excluding diaryl/α,β-unsaturated/α-hetero) is 1. The van der Waals surface area contributed by atoms with Gasteiger partial charge in [0.2, 0.25) is 0 Å². The van der Waals surface area contributed by atoms with Crippen LogP contribution < -0.4 is 15.8 Å². The van der Waals surface area contributed by atoms with E-state index in [1.54, 1.807) is 24.3 Å². The lowest BCUT2D eigenvalue weighted by atomic mass is 9.91. The van der Waals surface area contributed by atoms with Crippen molar-refractivity contribution in [2.24, 2.45) is 5.92 Å². The summed E-state index contributed by atoms with van der Waals surface area (Å²) in [7, 11) is 1.37. The van der Waals surface area contributed by atoms with Gasteiger partial charge >= 0.3 is 6.18 Å². The molecule has 4 rings (SSSR count). The molecule has 3 aromatic rings. The number of alkyl halides is 3. The number of aromatic nitrogens is 2. The summed E-state index contributed by atoms with van der Waals surface area (Å²) in [4.78, 5) is 25.0. The van der Waals surface area contributed by atoms with Crippen LogP contribution in [0.25, 0.3) is 11.3 Å². The summed E-state index contributed by atoms with van der Waals surface area (Å²) in [6.07, 6.45) is -4.26. The second-order valence-electron chi connectivity index (χ2n) is 9.27. The third kappa shape index (κ3) is 6.06. The van der Waals surface area contributed by atoms with E-state index in [1.165, 1.54) is 26.2 Å². The summed E-state index contributed by atoms with van der Waals surface area (Å²) in [5, 5.41) is 6.88. The minimum Gasteiger partial charge on any atom is -0.496 e. The number of halogens is 4. The van der Waals surface area contributed by atoms with Crippen LogP contribution in [0.2, 0.25) is 0 Å². The number of amides is 1.